The fourth-order valence-corrected chi connectivity index (χ4v) is 3.18. The van der Waals surface area contributed by atoms with Gasteiger partial charge in [-0.1, -0.05) is 6.42 Å². The first-order valence-corrected chi connectivity index (χ1v) is 7.29. The van der Waals surface area contributed by atoms with Gasteiger partial charge in [0.05, 0.1) is 11.6 Å². The molecule has 5 heteroatoms. The largest absolute Gasteiger partial charge is 0.496 e. The molecule has 0 unspecified atom stereocenters. The van der Waals surface area contributed by atoms with Crippen LogP contribution >= 0.6 is 15.9 Å². The zero-order valence-electron chi connectivity index (χ0n) is 11.0. The predicted octanol–water partition coefficient (Wildman–Crippen LogP) is 2.77. The summed E-state index contributed by atoms with van der Waals surface area (Å²) in [6.07, 6.45) is 3.08. The Bertz CT molecular complexity index is 465. The molecule has 1 aliphatic rings. The van der Waals surface area contributed by atoms with Gasteiger partial charge < -0.3 is 15.8 Å². The van der Waals surface area contributed by atoms with E-state index >= 15 is 0 Å². The van der Waals surface area contributed by atoms with Gasteiger partial charge in [-0.15, -0.1) is 0 Å². The number of rotatable bonds is 4. The Morgan fingerprint density at radius 2 is 2.32 bits per heavy atom. The van der Waals surface area contributed by atoms with Crippen LogP contribution in [-0.2, 0) is 4.79 Å². The number of anilines is 1. The molecule has 0 spiro atoms. The van der Waals surface area contributed by atoms with Crippen molar-refractivity contribution in [2.75, 3.05) is 19.0 Å². The smallest absolute Gasteiger partial charge is 0.227 e. The molecule has 104 valence electrons. The van der Waals surface area contributed by atoms with E-state index in [1.54, 1.807) is 7.11 Å². The van der Waals surface area contributed by atoms with Gasteiger partial charge in [0.2, 0.25) is 5.91 Å². The molecule has 1 saturated carbocycles. The minimum atomic E-state index is 0.0471. The monoisotopic (exact) mass is 326 g/mol. The van der Waals surface area contributed by atoms with E-state index in [0.29, 0.717) is 12.5 Å². The predicted molar refractivity (Wildman–Crippen MR) is 79.2 cm³/mol. The van der Waals surface area contributed by atoms with E-state index < -0.39 is 0 Å². The Kier molecular flexibility index (Phi) is 4.82. The number of hydrogen-bond acceptors (Lipinski definition) is 3. The lowest BCUT2D eigenvalue weighted by molar-refractivity contribution is -0.120. The number of methoxy groups -OCH3 is 1. The Labute approximate surface area is 121 Å². The van der Waals surface area contributed by atoms with Crippen molar-refractivity contribution in [1.82, 2.24) is 0 Å². The molecule has 4 nitrogen and oxygen atoms in total. The van der Waals surface area contributed by atoms with E-state index in [-0.39, 0.29) is 11.8 Å². The molecule has 1 fully saturated rings. The van der Waals surface area contributed by atoms with Crippen LogP contribution < -0.4 is 15.8 Å². The van der Waals surface area contributed by atoms with Crippen LogP contribution in [0.25, 0.3) is 0 Å². The minimum Gasteiger partial charge on any atom is -0.496 e. The van der Waals surface area contributed by atoms with Crippen LogP contribution in [0.4, 0.5) is 5.69 Å². The van der Waals surface area contributed by atoms with E-state index in [1.165, 1.54) is 0 Å². The number of ether oxygens (including phenoxy) is 1. The molecular formula is C14H19BrN2O2. The molecule has 1 aliphatic carbocycles. The van der Waals surface area contributed by atoms with Crippen molar-refractivity contribution in [3.05, 3.63) is 22.7 Å². The van der Waals surface area contributed by atoms with Gasteiger partial charge in [0, 0.05) is 11.6 Å². The Morgan fingerprint density at radius 3 is 2.95 bits per heavy atom. The van der Waals surface area contributed by atoms with Crippen molar-refractivity contribution in [2.45, 2.75) is 19.3 Å². The van der Waals surface area contributed by atoms with Crippen LogP contribution in [0.2, 0.25) is 0 Å². The first-order valence-electron chi connectivity index (χ1n) is 6.50. The maximum Gasteiger partial charge on any atom is 0.227 e. The van der Waals surface area contributed by atoms with Crippen LogP contribution in [0, 0.1) is 11.8 Å². The van der Waals surface area contributed by atoms with Crippen molar-refractivity contribution in [2.24, 2.45) is 17.6 Å². The number of hydrogen-bond donors (Lipinski definition) is 2. The molecule has 0 heterocycles. The van der Waals surface area contributed by atoms with Gasteiger partial charge in [-0.3, -0.25) is 4.79 Å². The Hall–Kier alpha value is -1.07. The highest BCUT2D eigenvalue weighted by atomic mass is 79.9. The van der Waals surface area contributed by atoms with Crippen LogP contribution in [0.15, 0.2) is 22.7 Å². The van der Waals surface area contributed by atoms with Crippen LogP contribution in [0.3, 0.4) is 0 Å². The van der Waals surface area contributed by atoms with Gasteiger partial charge in [-0.2, -0.15) is 0 Å². The quantitative estimate of drug-likeness (QED) is 0.894. The third-order valence-electron chi connectivity index (χ3n) is 3.72. The summed E-state index contributed by atoms with van der Waals surface area (Å²) in [5.41, 5.74) is 6.49. The van der Waals surface area contributed by atoms with Gasteiger partial charge in [-0.25, -0.2) is 0 Å². The van der Waals surface area contributed by atoms with Crippen LogP contribution in [0.1, 0.15) is 19.3 Å². The van der Waals surface area contributed by atoms with Crippen LogP contribution in [0.5, 0.6) is 5.75 Å². The van der Waals surface area contributed by atoms with Gasteiger partial charge in [0.1, 0.15) is 5.75 Å². The molecule has 0 aliphatic heterocycles. The normalized spacial score (nSPS) is 22.3. The number of carbonyl (C=O) groups is 1. The van der Waals surface area contributed by atoms with Crippen molar-refractivity contribution >= 4 is 27.5 Å². The standard InChI is InChI=1S/C14H19BrN2O2/c1-19-13-6-5-10(7-12(13)15)17-14(18)11-4-2-3-9(11)8-16/h5-7,9,11H,2-4,8,16H2,1H3,(H,17,18)/t9-,11-/m1/s1. The number of nitrogens with one attached hydrogen (secondary N) is 1. The Morgan fingerprint density at radius 1 is 1.53 bits per heavy atom. The van der Waals surface area contributed by atoms with E-state index in [4.69, 9.17) is 10.5 Å². The molecule has 2 rings (SSSR count). The number of carbonyl (C=O) groups excluding carboxylic acids is 1. The fourth-order valence-electron chi connectivity index (χ4n) is 2.64. The average molecular weight is 327 g/mol. The van der Waals surface area contributed by atoms with E-state index in [2.05, 4.69) is 21.2 Å². The molecule has 1 amide bonds. The highest BCUT2D eigenvalue weighted by Gasteiger charge is 2.31. The van der Waals surface area contributed by atoms with Crippen molar-refractivity contribution < 1.29 is 9.53 Å². The summed E-state index contributed by atoms with van der Waals surface area (Å²) in [7, 11) is 1.61. The third kappa shape index (κ3) is 3.28. The SMILES string of the molecule is COc1ccc(NC(=O)[C@@H]2CCC[C@@H]2CN)cc1Br. The molecule has 19 heavy (non-hydrogen) atoms. The van der Waals surface area contributed by atoms with Gasteiger partial charge in [-0.05, 0) is 59.4 Å². The molecule has 0 bridgehead atoms. The minimum absolute atomic E-state index is 0.0471. The lowest BCUT2D eigenvalue weighted by Crippen LogP contribution is -2.29. The molecule has 0 radical (unpaired) electrons. The fraction of sp³-hybridized carbons (Fsp3) is 0.500. The van der Waals surface area contributed by atoms with Crippen molar-refractivity contribution in [3.63, 3.8) is 0 Å². The summed E-state index contributed by atoms with van der Waals surface area (Å²) in [6, 6.07) is 5.52. The van der Waals surface area contributed by atoms with E-state index in [9.17, 15) is 4.79 Å². The molecule has 0 saturated heterocycles. The molecule has 3 N–H and O–H groups in total. The van der Waals surface area contributed by atoms with Gasteiger partial charge in [0.25, 0.3) is 0 Å². The van der Waals surface area contributed by atoms with Crippen LogP contribution in [-0.4, -0.2) is 19.6 Å². The second kappa shape index (κ2) is 6.39. The molecule has 1 aromatic carbocycles. The lowest BCUT2D eigenvalue weighted by atomic mass is 9.95. The molecular weight excluding hydrogens is 308 g/mol. The van der Waals surface area contributed by atoms with Crippen molar-refractivity contribution in [1.29, 1.82) is 0 Å². The summed E-state index contributed by atoms with van der Waals surface area (Å²) in [4.78, 5) is 12.2. The Balaban J connectivity index is 2.04. The van der Waals surface area contributed by atoms with Gasteiger partial charge >= 0.3 is 0 Å². The van der Waals surface area contributed by atoms with E-state index in [0.717, 1.165) is 35.2 Å². The molecule has 0 aromatic heterocycles. The summed E-state index contributed by atoms with van der Waals surface area (Å²) in [5, 5.41) is 2.96. The number of halogens is 1. The molecule has 1 aromatic rings. The zero-order valence-corrected chi connectivity index (χ0v) is 12.6. The first-order chi connectivity index (χ1) is 9.15. The summed E-state index contributed by atoms with van der Waals surface area (Å²) < 4.78 is 5.99. The zero-order chi connectivity index (χ0) is 13.8. The third-order valence-corrected chi connectivity index (χ3v) is 4.34. The van der Waals surface area contributed by atoms with Gasteiger partial charge in [0.15, 0.2) is 0 Å². The number of benzene rings is 1. The first kappa shape index (κ1) is 14.3. The second-order valence-corrected chi connectivity index (χ2v) is 5.73. The van der Waals surface area contributed by atoms with E-state index in [1.807, 2.05) is 18.2 Å². The number of amides is 1. The topological polar surface area (TPSA) is 64.3 Å². The lowest BCUT2D eigenvalue weighted by Gasteiger charge is -2.17. The maximum absolute atomic E-state index is 12.2. The summed E-state index contributed by atoms with van der Waals surface area (Å²) in [6.45, 7) is 0.588. The second-order valence-electron chi connectivity index (χ2n) is 4.87. The van der Waals surface area contributed by atoms with Crippen molar-refractivity contribution in [3.8, 4) is 5.75 Å². The highest BCUT2D eigenvalue weighted by molar-refractivity contribution is 9.10. The maximum atomic E-state index is 12.2. The number of nitrogens with two attached hydrogens (primary N) is 1. The average Bonchev–Trinajstić information content (AvgIpc) is 2.87. The molecule has 2 atom stereocenters. The summed E-state index contributed by atoms with van der Waals surface area (Å²) >= 11 is 3.41. The highest BCUT2D eigenvalue weighted by Crippen LogP contribution is 2.33. The summed E-state index contributed by atoms with van der Waals surface area (Å²) in [5.74, 6) is 1.19.